The van der Waals surface area contributed by atoms with Crippen LogP contribution in [0.25, 0.3) is 133 Å². The Morgan fingerprint density at radius 3 is 1.67 bits per heavy atom. The maximum absolute atomic E-state index is 6.96. The van der Waals surface area contributed by atoms with Crippen molar-refractivity contribution in [2.45, 2.75) is 0 Å². The molecule has 14 rings (SSSR count). The summed E-state index contributed by atoms with van der Waals surface area (Å²) in [4.78, 5) is 15.9. The maximum Gasteiger partial charge on any atom is 0.238 e. The van der Waals surface area contributed by atoms with Crippen LogP contribution in [0.5, 0.6) is 0 Å². The summed E-state index contributed by atoms with van der Waals surface area (Å²) in [6, 6.07) is 69.5. The fraction of sp³-hybridized carbons (Fsp3) is 0. The minimum atomic E-state index is 0.513. The number of hydrogen-bond donors (Lipinski definition) is 0. The Labute approximate surface area is 364 Å². The maximum atomic E-state index is 6.96. The van der Waals surface area contributed by atoms with Crippen LogP contribution in [0.1, 0.15) is 0 Å². The number of hydrogen-bond acceptors (Lipinski definition) is 5. The molecule has 0 unspecified atom stereocenters. The van der Waals surface area contributed by atoms with E-state index < -0.39 is 0 Å². The molecule has 0 spiro atoms. The first-order valence-electron chi connectivity index (χ1n) is 21.4. The minimum absolute atomic E-state index is 0.513. The topological polar surface area (TPSA) is 74.8 Å². The first-order valence-corrected chi connectivity index (χ1v) is 21.4. The first-order chi connectivity index (χ1) is 31.7. The molecule has 7 nitrogen and oxygen atoms in total. The summed E-state index contributed by atoms with van der Waals surface area (Å²) in [5, 5.41) is 8.70. The predicted molar refractivity (Wildman–Crippen MR) is 259 cm³/mol. The molecule has 0 saturated heterocycles. The van der Waals surface area contributed by atoms with E-state index in [1.807, 2.05) is 54.6 Å². The second-order valence-corrected chi connectivity index (χ2v) is 16.3. The summed E-state index contributed by atoms with van der Waals surface area (Å²) in [6.07, 6.45) is 0. The van der Waals surface area contributed by atoms with Crippen molar-refractivity contribution in [3.63, 3.8) is 0 Å². The molecule has 298 valence electrons. The monoisotopic (exact) mass is 819 g/mol. The van der Waals surface area contributed by atoms with Crippen LogP contribution in [-0.4, -0.2) is 24.1 Å². The van der Waals surface area contributed by atoms with Gasteiger partial charge in [0.05, 0.1) is 27.8 Å². The van der Waals surface area contributed by atoms with Crippen molar-refractivity contribution < 1.29 is 8.83 Å². The average Bonchev–Trinajstić information content (AvgIpc) is 4.12. The second kappa shape index (κ2) is 13.3. The normalized spacial score (nSPS) is 12.1. The van der Waals surface area contributed by atoms with Crippen molar-refractivity contribution in [1.82, 2.24) is 24.1 Å². The third kappa shape index (κ3) is 5.00. The Hall–Kier alpha value is -8.81. The van der Waals surface area contributed by atoms with E-state index in [4.69, 9.17) is 23.8 Å². The minimum Gasteiger partial charge on any atom is -0.456 e. The first kappa shape index (κ1) is 34.9. The molecule has 0 aliphatic heterocycles. The molecule has 0 saturated carbocycles. The van der Waals surface area contributed by atoms with Crippen LogP contribution in [0.3, 0.4) is 0 Å². The highest BCUT2D eigenvalue weighted by atomic mass is 16.3. The molecule has 9 aromatic carbocycles. The summed E-state index contributed by atoms with van der Waals surface area (Å²) in [6.45, 7) is 0. The highest BCUT2D eigenvalue weighted by Gasteiger charge is 2.25. The van der Waals surface area contributed by atoms with Gasteiger partial charge < -0.3 is 13.4 Å². The molecule has 5 aromatic heterocycles. The molecule has 0 fully saturated rings. The zero-order valence-electron chi connectivity index (χ0n) is 34.1. The summed E-state index contributed by atoms with van der Waals surface area (Å²) < 4.78 is 17.9. The van der Waals surface area contributed by atoms with Gasteiger partial charge in [0, 0.05) is 54.2 Å². The predicted octanol–water partition coefficient (Wildman–Crippen LogP) is 14.9. The summed E-state index contributed by atoms with van der Waals surface area (Å²) in [5.74, 6) is 1.63. The molecule has 5 heterocycles. The molecular formula is C57H33N5O2. The largest absolute Gasteiger partial charge is 0.456 e. The van der Waals surface area contributed by atoms with Gasteiger partial charge in [0.15, 0.2) is 17.2 Å². The quantitative estimate of drug-likeness (QED) is 0.173. The lowest BCUT2D eigenvalue weighted by atomic mass is 9.99. The van der Waals surface area contributed by atoms with Crippen molar-refractivity contribution in [1.29, 1.82) is 0 Å². The van der Waals surface area contributed by atoms with Gasteiger partial charge in [-0.05, 0) is 53.6 Å². The third-order valence-electron chi connectivity index (χ3n) is 12.8. The van der Waals surface area contributed by atoms with Gasteiger partial charge >= 0.3 is 0 Å². The number of aromatic nitrogens is 5. The van der Waals surface area contributed by atoms with E-state index in [-0.39, 0.29) is 0 Å². The average molecular weight is 820 g/mol. The number of para-hydroxylation sites is 4. The van der Waals surface area contributed by atoms with Gasteiger partial charge in [-0.3, -0.25) is 4.57 Å². The fourth-order valence-corrected chi connectivity index (χ4v) is 10.0. The lowest BCUT2D eigenvalue weighted by molar-refractivity contribution is 0.666. The number of fused-ring (bicyclic) bond motifs is 13. The highest BCUT2D eigenvalue weighted by molar-refractivity contribution is 6.24. The molecule has 0 radical (unpaired) electrons. The van der Waals surface area contributed by atoms with Gasteiger partial charge in [0.1, 0.15) is 16.7 Å². The zero-order chi connectivity index (χ0) is 41.9. The second-order valence-electron chi connectivity index (χ2n) is 16.3. The molecule has 14 aromatic rings. The van der Waals surface area contributed by atoms with Gasteiger partial charge in [-0.2, -0.15) is 9.97 Å². The summed E-state index contributed by atoms with van der Waals surface area (Å²) in [7, 11) is 0. The molecule has 0 amide bonds. The van der Waals surface area contributed by atoms with Crippen LogP contribution in [0, 0.1) is 0 Å². The smallest absolute Gasteiger partial charge is 0.238 e. The van der Waals surface area contributed by atoms with Crippen LogP contribution in [-0.2, 0) is 0 Å². The van der Waals surface area contributed by atoms with E-state index in [0.717, 1.165) is 115 Å². The summed E-state index contributed by atoms with van der Waals surface area (Å²) >= 11 is 0. The Bertz CT molecular complexity index is 4200. The van der Waals surface area contributed by atoms with Gasteiger partial charge in [0.25, 0.3) is 0 Å². The van der Waals surface area contributed by atoms with E-state index in [1.165, 1.54) is 0 Å². The van der Waals surface area contributed by atoms with Crippen LogP contribution >= 0.6 is 0 Å². The van der Waals surface area contributed by atoms with Crippen molar-refractivity contribution in [3.05, 3.63) is 200 Å². The molecule has 0 N–H and O–H groups in total. The molecule has 0 bridgehead atoms. The Kier molecular flexibility index (Phi) is 7.27. The number of nitrogens with zero attached hydrogens (tertiary/aromatic N) is 5. The Balaban J connectivity index is 1.10. The van der Waals surface area contributed by atoms with E-state index in [9.17, 15) is 0 Å². The SMILES string of the molecule is c1ccc(-c2nc(-c3ccc4c(c3)oc3ccccc34)nc(-n3c4ccccc4c4ccc5c6ccccc6n(-c6cccc7c6oc6cccc(-c8ccccc8)c67)c5c43)n2)cc1. The molecule has 0 aliphatic rings. The van der Waals surface area contributed by atoms with Crippen molar-refractivity contribution in [3.8, 4) is 45.5 Å². The van der Waals surface area contributed by atoms with E-state index in [1.54, 1.807) is 0 Å². The fourth-order valence-electron chi connectivity index (χ4n) is 10.0. The van der Waals surface area contributed by atoms with Crippen LogP contribution < -0.4 is 0 Å². The zero-order valence-corrected chi connectivity index (χ0v) is 34.1. The van der Waals surface area contributed by atoms with E-state index in [0.29, 0.717) is 17.6 Å². The Morgan fingerprint density at radius 1 is 0.344 bits per heavy atom. The van der Waals surface area contributed by atoms with Crippen LogP contribution in [0.15, 0.2) is 209 Å². The van der Waals surface area contributed by atoms with Gasteiger partial charge in [0.2, 0.25) is 5.95 Å². The van der Waals surface area contributed by atoms with Gasteiger partial charge in [-0.15, -0.1) is 0 Å². The van der Waals surface area contributed by atoms with Crippen LogP contribution in [0.2, 0.25) is 0 Å². The van der Waals surface area contributed by atoms with Crippen molar-refractivity contribution in [2.24, 2.45) is 0 Å². The molecular weight excluding hydrogens is 787 g/mol. The van der Waals surface area contributed by atoms with Gasteiger partial charge in [-0.1, -0.05) is 158 Å². The molecule has 0 aliphatic carbocycles. The van der Waals surface area contributed by atoms with E-state index in [2.05, 4.69) is 155 Å². The van der Waals surface area contributed by atoms with Gasteiger partial charge in [-0.25, -0.2) is 4.98 Å². The van der Waals surface area contributed by atoms with E-state index >= 15 is 0 Å². The molecule has 7 heteroatoms. The highest BCUT2D eigenvalue weighted by Crippen LogP contribution is 2.45. The number of furan rings is 2. The number of benzene rings is 9. The summed E-state index contributed by atoms with van der Waals surface area (Å²) in [5.41, 5.74) is 12.3. The number of rotatable bonds is 5. The molecule has 64 heavy (non-hydrogen) atoms. The Morgan fingerprint density at radius 2 is 0.906 bits per heavy atom. The van der Waals surface area contributed by atoms with Crippen LogP contribution in [0.4, 0.5) is 0 Å². The third-order valence-corrected chi connectivity index (χ3v) is 12.8. The molecule has 0 atom stereocenters. The van der Waals surface area contributed by atoms with Crippen molar-refractivity contribution in [2.75, 3.05) is 0 Å². The standard InChI is InChI=1S/C57H33N5O2/c1-3-15-34(16-4-1)37-22-14-28-49-51(37)44-23-13-26-47(54(44)64-49)61-45-24-10-7-19-38(45)42-31-32-43-39-20-8-11-25-46(39)62(53(43)52(42)61)57-59-55(35-17-5-2-6-18-35)58-56(60-57)36-29-30-41-40-21-9-12-27-48(40)63-50(41)33-36/h1-33H. The van der Waals surface area contributed by atoms with Crippen molar-refractivity contribution >= 4 is 87.5 Å². The lowest BCUT2D eigenvalue weighted by Gasteiger charge is -2.13. The lowest BCUT2D eigenvalue weighted by Crippen LogP contribution is -2.07.